The minimum atomic E-state index is -0.0317. The highest BCUT2D eigenvalue weighted by Crippen LogP contribution is 2.23. The molecule has 0 fully saturated rings. The predicted molar refractivity (Wildman–Crippen MR) is 390 cm³/mol. The molecule has 0 unspecified atom stereocenters. The summed E-state index contributed by atoms with van der Waals surface area (Å²) in [5.74, 6) is 1.35. The van der Waals surface area contributed by atoms with Gasteiger partial charge in [0.15, 0.2) is 0 Å². The Hall–Kier alpha value is -2.28. The van der Waals surface area contributed by atoms with Gasteiger partial charge in [-0.1, -0.05) is 261 Å². The van der Waals surface area contributed by atoms with Crippen LogP contribution in [0.3, 0.4) is 0 Å². The summed E-state index contributed by atoms with van der Waals surface area (Å²) < 4.78 is 22.8. The molecule has 92 heavy (non-hydrogen) atoms. The van der Waals surface area contributed by atoms with Crippen molar-refractivity contribution in [3.05, 3.63) is 0 Å². The maximum absolute atomic E-state index is 12.5. The Kier molecular flexibility index (Phi) is 74.3. The summed E-state index contributed by atoms with van der Waals surface area (Å²) in [7, 11) is 0. The van der Waals surface area contributed by atoms with Crippen LogP contribution in [0.1, 0.15) is 402 Å². The van der Waals surface area contributed by atoms with Crippen LogP contribution in [0.5, 0.6) is 0 Å². The van der Waals surface area contributed by atoms with Gasteiger partial charge >= 0.3 is 23.9 Å². The summed E-state index contributed by atoms with van der Waals surface area (Å²) in [6.07, 6.45) is 59.8. The van der Waals surface area contributed by atoms with E-state index in [4.69, 9.17) is 18.9 Å². The van der Waals surface area contributed by atoms with Crippen molar-refractivity contribution in [3.63, 3.8) is 0 Å². The number of hydrogen-bond acceptors (Lipinski definition) is 12. The van der Waals surface area contributed by atoms with Crippen LogP contribution in [0.4, 0.5) is 0 Å². The molecule has 0 heterocycles. The van der Waals surface area contributed by atoms with Gasteiger partial charge in [0.05, 0.1) is 26.4 Å². The van der Waals surface area contributed by atoms with Gasteiger partial charge in [0.2, 0.25) is 0 Å². The molecule has 0 saturated carbocycles. The van der Waals surface area contributed by atoms with Crippen molar-refractivity contribution in [2.75, 3.05) is 65.7 Å². The van der Waals surface area contributed by atoms with Crippen molar-refractivity contribution in [2.24, 2.45) is 11.8 Å². The van der Waals surface area contributed by atoms with Gasteiger partial charge in [-0.3, -0.25) is 19.2 Å². The van der Waals surface area contributed by atoms with Crippen LogP contribution in [0.15, 0.2) is 0 Å². The third-order valence-corrected chi connectivity index (χ3v) is 18.8. The first-order valence-corrected chi connectivity index (χ1v) is 40.4. The zero-order valence-electron chi connectivity index (χ0n) is 62.6. The van der Waals surface area contributed by atoms with Gasteiger partial charge < -0.3 is 39.0 Å². The van der Waals surface area contributed by atoms with Gasteiger partial charge in [-0.2, -0.15) is 0 Å². The molecule has 0 radical (unpaired) electrons. The molecule has 548 valence electrons. The predicted octanol–water partition coefficient (Wildman–Crippen LogP) is 21.9. The first-order chi connectivity index (χ1) is 45.0. The van der Waals surface area contributed by atoms with Gasteiger partial charge in [-0.15, -0.1) is 0 Å². The van der Waals surface area contributed by atoms with Gasteiger partial charge in [0.25, 0.3) is 0 Å². The Morgan fingerprint density at radius 2 is 0.522 bits per heavy atom. The summed E-state index contributed by atoms with van der Waals surface area (Å²) in [6.45, 7) is 25.0. The number of rotatable bonds is 72. The third kappa shape index (κ3) is 66.3. The van der Waals surface area contributed by atoms with Crippen molar-refractivity contribution in [3.8, 4) is 0 Å². The zero-order valence-corrected chi connectivity index (χ0v) is 62.6. The van der Waals surface area contributed by atoms with Gasteiger partial charge in [-0.05, 0) is 154 Å². The maximum Gasteiger partial charge on any atom is 0.306 e. The lowest BCUT2D eigenvalue weighted by molar-refractivity contribution is -0.151. The Morgan fingerprint density at radius 1 is 0.261 bits per heavy atom. The molecule has 0 amide bonds. The zero-order chi connectivity index (χ0) is 67.9. The molecule has 12 heteroatoms. The monoisotopic (exact) mass is 1310 g/mol. The molecule has 0 aromatic heterocycles. The van der Waals surface area contributed by atoms with Crippen molar-refractivity contribution in [1.29, 1.82) is 0 Å². The summed E-state index contributed by atoms with van der Waals surface area (Å²) in [5, 5.41) is 19.0. The van der Waals surface area contributed by atoms with Crippen LogP contribution in [0.25, 0.3) is 0 Å². The second kappa shape index (κ2) is 74.5. The lowest BCUT2D eigenvalue weighted by Gasteiger charge is -2.21. The molecule has 0 bridgehead atoms. The molecular formula is C80H158N2O10. The average molecular weight is 1310 g/mol. The number of carbonyl (C=O) groups excluding carboxylic acids is 4. The Morgan fingerprint density at radius 3 is 0.826 bits per heavy atom. The first-order valence-electron chi connectivity index (χ1n) is 40.4. The highest BCUT2D eigenvalue weighted by molar-refractivity contribution is 5.70. The number of carbonyl (C=O) groups is 4. The number of esters is 4. The fourth-order valence-electron chi connectivity index (χ4n) is 12.8. The van der Waals surface area contributed by atoms with Crippen molar-refractivity contribution < 1.29 is 48.3 Å². The summed E-state index contributed by atoms with van der Waals surface area (Å²) in [6, 6.07) is 0. The van der Waals surface area contributed by atoms with E-state index in [-0.39, 0.29) is 49.3 Å². The van der Waals surface area contributed by atoms with Crippen LogP contribution in [-0.4, -0.2) is 122 Å². The van der Waals surface area contributed by atoms with E-state index in [1.807, 2.05) is 0 Å². The molecule has 0 saturated heterocycles. The van der Waals surface area contributed by atoms with E-state index in [1.54, 1.807) is 0 Å². The number of aliphatic hydroxyl groups is 2. The summed E-state index contributed by atoms with van der Waals surface area (Å²) in [5.41, 5.74) is 0. The van der Waals surface area contributed by atoms with E-state index in [2.05, 4.69) is 65.2 Å². The second-order valence-electron chi connectivity index (χ2n) is 27.7. The molecule has 2 N–H and O–H groups in total. The molecule has 0 atom stereocenters. The van der Waals surface area contributed by atoms with Gasteiger partial charge in [0.1, 0.15) is 12.2 Å². The number of ether oxygens (including phenoxy) is 4. The van der Waals surface area contributed by atoms with Crippen LogP contribution >= 0.6 is 0 Å². The average Bonchev–Trinajstić information content (AvgIpc) is 3.75. The normalized spacial score (nSPS) is 11.7. The standard InChI is InChI=1S/2C40H79NO5/c1-5-9-11-19-27-38(28-20-12-10-6-2)46-40(44)30-22-16-14-18-24-33-41(34-35-42)32-23-17-13-15-21-29-39(43)45-36-31-37(25-7-3)26-8-4;1-5-9-19-27-38(28-20-10-6-2)46-40(44)30-22-16-14-18-24-33-41(34-35-42)32-23-17-13-15-21-29-39(43)45-36-31-37(25-11-7-3)26-12-8-4/h2*37-38,42H,5-36H2,1-4H3. The maximum atomic E-state index is 12.5. The topological polar surface area (TPSA) is 152 Å². The highest BCUT2D eigenvalue weighted by Gasteiger charge is 2.17. The fourth-order valence-corrected chi connectivity index (χ4v) is 12.8. The minimum Gasteiger partial charge on any atom is -0.466 e. The van der Waals surface area contributed by atoms with Crippen molar-refractivity contribution in [1.82, 2.24) is 9.80 Å². The lowest BCUT2D eigenvalue weighted by atomic mass is 9.93. The first kappa shape index (κ1) is 91.8. The van der Waals surface area contributed by atoms with Gasteiger partial charge in [-0.25, -0.2) is 0 Å². The summed E-state index contributed by atoms with van der Waals surface area (Å²) in [4.78, 5) is 53.9. The molecule has 0 aliphatic heterocycles. The number of unbranched alkanes of at least 4 members (excludes halogenated alkanes) is 28. The smallest absolute Gasteiger partial charge is 0.306 e. The molecule has 0 aliphatic rings. The van der Waals surface area contributed by atoms with E-state index in [0.717, 1.165) is 193 Å². The molecular weight excluding hydrogens is 1150 g/mol. The minimum absolute atomic E-state index is 0.00309. The number of hydrogen-bond donors (Lipinski definition) is 2. The van der Waals surface area contributed by atoms with Crippen LogP contribution in [0, 0.1) is 11.8 Å². The second-order valence-corrected chi connectivity index (χ2v) is 27.7. The van der Waals surface area contributed by atoms with Crippen LogP contribution in [-0.2, 0) is 38.1 Å². The summed E-state index contributed by atoms with van der Waals surface area (Å²) >= 11 is 0. The molecule has 0 aromatic carbocycles. The molecule has 0 rings (SSSR count). The van der Waals surface area contributed by atoms with E-state index < -0.39 is 0 Å². The van der Waals surface area contributed by atoms with Gasteiger partial charge in [0, 0.05) is 38.8 Å². The molecule has 0 spiro atoms. The number of nitrogens with zero attached hydrogens (tertiary/aromatic N) is 2. The highest BCUT2D eigenvalue weighted by atomic mass is 16.6. The van der Waals surface area contributed by atoms with Crippen LogP contribution < -0.4 is 0 Å². The lowest BCUT2D eigenvalue weighted by Crippen LogP contribution is -2.29. The largest absolute Gasteiger partial charge is 0.466 e. The Balaban J connectivity index is 0. The van der Waals surface area contributed by atoms with E-state index >= 15 is 0 Å². The quantitative estimate of drug-likeness (QED) is 0.0339. The Labute approximate surface area is 571 Å². The fraction of sp³-hybridized carbons (Fsp3) is 0.950. The third-order valence-electron chi connectivity index (χ3n) is 18.8. The molecule has 12 nitrogen and oxygen atoms in total. The van der Waals surface area contributed by atoms with E-state index in [0.29, 0.717) is 50.7 Å². The van der Waals surface area contributed by atoms with E-state index in [1.165, 1.54) is 167 Å². The van der Waals surface area contributed by atoms with Crippen molar-refractivity contribution >= 4 is 23.9 Å². The Bertz CT molecular complexity index is 1500. The number of aliphatic hydroxyl groups excluding tert-OH is 2. The van der Waals surface area contributed by atoms with Crippen molar-refractivity contribution in [2.45, 2.75) is 414 Å². The molecule has 0 aromatic rings. The SMILES string of the molecule is CCCCCC(CCCCC)OC(=O)CCCCCCCN(CCO)CCCCCCCC(=O)OCCC(CCCC)CCCC.CCCCCCC(CCCCCC)OC(=O)CCCCCCCN(CCO)CCCCCCCC(=O)OCCC(CCC)CCC. The molecule has 0 aliphatic carbocycles. The van der Waals surface area contributed by atoms with Crippen LogP contribution in [0.2, 0.25) is 0 Å². The van der Waals surface area contributed by atoms with E-state index in [9.17, 15) is 29.4 Å².